The summed E-state index contributed by atoms with van der Waals surface area (Å²) < 4.78 is 29.7. The van der Waals surface area contributed by atoms with Gasteiger partial charge in [0, 0.05) is 6.07 Å². The summed E-state index contributed by atoms with van der Waals surface area (Å²) in [6.45, 7) is 0. The molecule has 0 bridgehead atoms. The van der Waals surface area contributed by atoms with Gasteiger partial charge in [0.2, 0.25) is 10.0 Å². The minimum atomic E-state index is -3.46. The first-order valence-electron chi connectivity index (χ1n) is 5.28. The maximum absolute atomic E-state index is 11.0. The van der Waals surface area contributed by atoms with Crippen molar-refractivity contribution in [3.05, 3.63) is 28.3 Å². The van der Waals surface area contributed by atoms with E-state index in [1.165, 1.54) is 12.1 Å². The van der Waals surface area contributed by atoms with Crippen molar-refractivity contribution >= 4 is 21.4 Å². The molecule has 0 aliphatic heterocycles. The largest absolute Gasteiger partial charge is 0.483 e. The fraction of sp³-hybridized carbons (Fsp3) is 0.400. The minimum Gasteiger partial charge on any atom is -0.483 e. The summed E-state index contributed by atoms with van der Waals surface area (Å²) in [6, 6.07) is 3.99. The molecule has 1 N–H and O–H groups in total. The van der Waals surface area contributed by atoms with E-state index < -0.39 is 14.9 Å². The van der Waals surface area contributed by atoms with Gasteiger partial charge in [-0.25, -0.2) is 8.42 Å². The van der Waals surface area contributed by atoms with Gasteiger partial charge >= 0.3 is 5.69 Å². The van der Waals surface area contributed by atoms with Crippen LogP contribution in [0.2, 0.25) is 0 Å². The SMILES string of the molecule is CS(=O)(=O)Nc1ccc(OC2CC2)c([N+](=O)[O-])c1. The molecule has 0 aromatic heterocycles. The predicted octanol–water partition coefficient (Wildman–Crippen LogP) is 1.51. The Labute approximate surface area is 104 Å². The van der Waals surface area contributed by atoms with Gasteiger partial charge in [0.05, 0.1) is 23.0 Å². The zero-order chi connectivity index (χ0) is 13.3. The molecule has 7 nitrogen and oxygen atoms in total. The molecule has 1 fully saturated rings. The molecule has 0 unspecified atom stereocenters. The van der Waals surface area contributed by atoms with Crippen molar-refractivity contribution in [3.8, 4) is 5.75 Å². The van der Waals surface area contributed by atoms with E-state index in [4.69, 9.17) is 4.74 Å². The summed E-state index contributed by atoms with van der Waals surface area (Å²) in [5.74, 6) is 0.168. The van der Waals surface area contributed by atoms with Gasteiger partial charge in [0.25, 0.3) is 0 Å². The lowest BCUT2D eigenvalue weighted by molar-refractivity contribution is -0.385. The predicted molar refractivity (Wildman–Crippen MR) is 65.2 cm³/mol. The maximum atomic E-state index is 11.0. The molecule has 0 amide bonds. The van der Waals surface area contributed by atoms with Crippen LogP contribution in [-0.2, 0) is 10.0 Å². The van der Waals surface area contributed by atoms with E-state index in [0.29, 0.717) is 0 Å². The maximum Gasteiger partial charge on any atom is 0.313 e. The lowest BCUT2D eigenvalue weighted by Gasteiger charge is -2.08. The van der Waals surface area contributed by atoms with Crippen LogP contribution in [0.15, 0.2) is 18.2 Å². The Morgan fingerprint density at radius 1 is 1.44 bits per heavy atom. The van der Waals surface area contributed by atoms with Gasteiger partial charge in [-0.1, -0.05) is 0 Å². The van der Waals surface area contributed by atoms with Crippen LogP contribution in [0.3, 0.4) is 0 Å². The van der Waals surface area contributed by atoms with Crippen LogP contribution < -0.4 is 9.46 Å². The van der Waals surface area contributed by atoms with Crippen LogP contribution in [0, 0.1) is 10.1 Å². The van der Waals surface area contributed by atoms with E-state index in [9.17, 15) is 18.5 Å². The highest BCUT2D eigenvalue weighted by molar-refractivity contribution is 7.92. The molecule has 1 saturated carbocycles. The highest BCUT2D eigenvalue weighted by Gasteiger charge is 2.27. The normalized spacial score (nSPS) is 15.2. The number of hydrogen-bond donors (Lipinski definition) is 1. The molecule has 8 heteroatoms. The van der Waals surface area contributed by atoms with Crippen molar-refractivity contribution in [1.82, 2.24) is 0 Å². The van der Waals surface area contributed by atoms with Gasteiger partial charge in [-0.15, -0.1) is 0 Å². The summed E-state index contributed by atoms with van der Waals surface area (Å²) in [7, 11) is -3.46. The molecule has 98 valence electrons. The first kappa shape index (κ1) is 12.6. The minimum absolute atomic E-state index is 0.0393. The molecular formula is C10H12N2O5S. The quantitative estimate of drug-likeness (QED) is 0.647. The number of rotatable bonds is 5. The number of ether oxygens (including phenoxy) is 1. The number of nitro groups is 1. The van der Waals surface area contributed by atoms with Crippen molar-refractivity contribution in [2.75, 3.05) is 11.0 Å². The highest BCUT2D eigenvalue weighted by atomic mass is 32.2. The van der Waals surface area contributed by atoms with Crippen LogP contribution in [0.5, 0.6) is 5.75 Å². The molecule has 0 heterocycles. The molecule has 1 aromatic rings. The zero-order valence-electron chi connectivity index (χ0n) is 9.62. The molecule has 0 saturated heterocycles. The second-order valence-corrected chi connectivity index (χ2v) is 5.88. The molecule has 0 atom stereocenters. The third-order valence-electron chi connectivity index (χ3n) is 2.28. The number of nitrogens with zero attached hydrogens (tertiary/aromatic N) is 1. The topological polar surface area (TPSA) is 98.5 Å². The lowest BCUT2D eigenvalue weighted by atomic mass is 10.2. The first-order valence-corrected chi connectivity index (χ1v) is 7.17. The van der Waals surface area contributed by atoms with Crippen LogP contribution in [0.1, 0.15) is 12.8 Å². The van der Waals surface area contributed by atoms with Crippen LogP contribution in [0.25, 0.3) is 0 Å². The molecular weight excluding hydrogens is 260 g/mol. The van der Waals surface area contributed by atoms with Crippen molar-refractivity contribution < 1.29 is 18.1 Å². The van der Waals surface area contributed by atoms with E-state index in [0.717, 1.165) is 25.2 Å². The molecule has 1 aliphatic carbocycles. The summed E-state index contributed by atoms with van der Waals surface area (Å²) in [4.78, 5) is 10.3. The Bertz CT molecular complexity index is 580. The van der Waals surface area contributed by atoms with Gasteiger partial charge in [0.1, 0.15) is 0 Å². The lowest BCUT2D eigenvalue weighted by Crippen LogP contribution is -2.10. The third-order valence-corrected chi connectivity index (χ3v) is 2.88. The van der Waals surface area contributed by atoms with Gasteiger partial charge in [-0.3, -0.25) is 14.8 Å². The highest BCUT2D eigenvalue weighted by Crippen LogP contribution is 2.35. The number of sulfonamides is 1. The van der Waals surface area contributed by atoms with Crippen molar-refractivity contribution in [3.63, 3.8) is 0 Å². The van der Waals surface area contributed by atoms with Gasteiger partial charge in [-0.2, -0.15) is 0 Å². The number of anilines is 1. The summed E-state index contributed by atoms with van der Waals surface area (Å²) in [6.07, 6.45) is 2.80. The average molecular weight is 272 g/mol. The Hall–Kier alpha value is -1.83. The van der Waals surface area contributed by atoms with Crippen LogP contribution >= 0.6 is 0 Å². The van der Waals surface area contributed by atoms with E-state index in [1.54, 1.807) is 0 Å². The van der Waals surface area contributed by atoms with Crippen molar-refractivity contribution in [1.29, 1.82) is 0 Å². The Morgan fingerprint density at radius 2 is 2.11 bits per heavy atom. The molecule has 0 radical (unpaired) electrons. The Balaban J connectivity index is 2.30. The van der Waals surface area contributed by atoms with E-state index in [-0.39, 0.29) is 23.2 Å². The second kappa shape index (κ2) is 4.45. The first-order chi connectivity index (χ1) is 8.35. The zero-order valence-corrected chi connectivity index (χ0v) is 10.4. The van der Waals surface area contributed by atoms with Gasteiger partial charge in [-0.05, 0) is 25.0 Å². The average Bonchev–Trinajstić information content (AvgIpc) is 3.01. The van der Waals surface area contributed by atoms with Gasteiger partial charge in [0.15, 0.2) is 5.75 Å². The monoisotopic (exact) mass is 272 g/mol. The molecule has 2 rings (SSSR count). The standard InChI is InChI=1S/C10H12N2O5S/c1-18(15,16)11-7-2-5-10(17-8-3-4-8)9(6-7)12(13)14/h2,5-6,8,11H,3-4H2,1H3. The Kier molecular flexibility index (Phi) is 3.12. The van der Waals surface area contributed by atoms with Gasteiger partial charge < -0.3 is 4.74 Å². The summed E-state index contributed by atoms with van der Waals surface area (Å²) >= 11 is 0. The van der Waals surface area contributed by atoms with Crippen molar-refractivity contribution in [2.45, 2.75) is 18.9 Å². The van der Waals surface area contributed by atoms with E-state index in [2.05, 4.69) is 4.72 Å². The fourth-order valence-corrected chi connectivity index (χ4v) is 1.96. The molecule has 18 heavy (non-hydrogen) atoms. The fourth-order valence-electron chi connectivity index (χ4n) is 1.40. The smallest absolute Gasteiger partial charge is 0.313 e. The molecule has 1 aromatic carbocycles. The Morgan fingerprint density at radius 3 is 2.61 bits per heavy atom. The number of hydrogen-bond acceptors (Lipinski definition) is 5. The number of nitro benzene ring substituents is 1. The van der Waals surface area contributed by atoms with Crippen molar-refractivity contribution in [2.24, 2.45) is 0 Å². The number of nitrogens with one attached hydrogen (secondary N) is 1. The van der Waals surface area contributed by atoms with Crippen LogP contribution in [0.4, 0.5) is 11.4 Å². The second-order valence-electron chi connectivity index (χ2n) is 4.13. The van der Waals surface area contributed by atoms with E-state index in [1.807, 2.05) is 0 Å². The van der Waals surface area contributed by atoms with Crippen LogP contribution in [-0.4, -0.2) is 25.7 Å². The summed E-state index contributed by atoms with van der Waals surface area (Å²) in [5, 5.41) is 10.9. The number of benzene rings is 1. The molecule has 1 aliphatic rings. The molecule has 0 spiro atoms. The third kappa shape index (κ3) is 3.33. The summed E-state index contributed by atoms with van der Waals surface area (Å²) in [5.41, 5.74) is -0.0945. The van der Waals surface area contributed by atoms with E-state index >= 15 is 0 Å².